The maximum atomic E-state index is 11.3. The van der Waals surface area contributed by atoms with E-state index in [4.69, 9.17) is 4.74 Å². The van der Waals surface area contributed by atoms with E-state index in [9.17, 15) is 4.79 Å². The van der Waals surface area contributed by atoms with Crippen LogP contribution in [0.25, 0.3) is 0 Å². The minimum Gasteiger partial charge on any atom is -0.461 e. The van der Waals surface area contributed by atoms with Gasteiger partial charge in [0, 0.05) is 5.38 Å². The lowest BCUT2D eigenvalue weighted by Crippen LogP contribution is -2.17. The van der Waals surface area contributed by atoms with Crippen molar-refractivity contribution in [2.24, 2.45) is 0 Å². The van der Waals surface area contributed by atoms with Crippen LogP contribution in [0.2, 0.25) is 0 Å². The summed E-state index contributed by atoms with van der Waals surface area (Å²) in [6.45, 7) is 7.12. The lowest BCUT2D eigenvalue weighted by Gasteiger charge is -2.07. The van der Waals surface area contributed by atoms with Gasteiger partial charge in [-0.2, -0.15) is 0 Å². The predicted octanol–water partition coefficient (Wildman–Crippen LogP) is 1.99. The van der Waals surface area contributed by atoms with Crippen molar-refractivity contribution in [2.45, 2.75) is 26.8 Å². The first kappa shape index (κ1) is 12.1. The summed E-state index contributed by atoms with van der Waals surface area (Å²) < 4.78 is 4.87. The number of hydrogen-bond acceptors (Lipinski definition) is 5. The fourth-order valence-electron chi connectivity index (χ4n) is 1.18. The number of thiazole rings is 1. The maximum absolute atomic E-state index is 11.3. The van der Waals surface area contributed by atoms with Crippen LogP contribution >= 0.6 is 11.3 Å². The maximum Gasteiger partial charge on any atom is 0.357 e. The summed E-state index contributed by atoms with van der Waals surface area (Å²) in [4.78, 5) is 15.6. The number of carbonyl (C=O) groups is 1. The second kappa shape index (κ2) is 5.82. The van der Waals surface area contributed by atoms with Crippen LogP contribution in [0, 0.1) is 0 Å². The molecule has 5 heteroatoms. The number of nitrogens with zero attached hydrogens (tertiary/aromatic N) is 1. The second-order valence-electron chi connectivity index (χ2n) is 3.07. The minimum atomic E-state index is -0.344. The van der Waals surface area contributed by atoms with Gasteiger partial charge in [-0.1, -0.05) is 6.92 Å². The summed E-state index contributed by atoms with van der Waals surface area (Å²) in [7, 11) is 0. The molecule has 4 nitrogen and oxygen atoms in total. The lowest BCUT2D eigenvalue weighted by atomic mass is 10.3. The average Bonchev–Trinajstić information content (AvgIpc) is 2.67. The number of esters is 1. The Hall–Kier alpha value is -0.940. The van der Waals surface area contributed by atoms with E-state index in [0.717, 1.165) is 11.6 Å². The Morgan fingerprint density at radius 1 is 1.67 bits per heavy atom. The topological polar surface area (TPSA) is 51.2 Å². The highest BCUT2D eigenvalue weighted by atomic mass is 32.1. The largest absolute Gasteiger partial charge is 0.461 e. The Bertz CT molecular complexity index is 325. The van der Waals surface area contributed by atoms with Gasteiger partial charge < -0.3 is 10.1 Å². The van der Waals surface area contributed by atoms with Gasteiger partial charge in [-0.15, -0.1) is 11.3 Å². The molecule has 0 aliphatic heterocycles. The number of aromatic nitrogens is 1. The van der Waals surface area contributed by atoms with Crippen molar-refractivity contribution in [3.8, 4) is 0 Å². The molecule has 0 radical (unpaired) electrons. The molecule has 1 unspecified atom stereocenters. The van der Waals surface area contributed by atoms with E-state index in [1.807, 2.05) is 13.8 Å². The first-order valence-corrected chi connectivity index (χ1v) is 5.92. The molecule has 0 aliphatic carbocycles. The molecule has 0 aliphatic rings. The third-order valence-corrected chi connectivity index (χ3v) is 2.91. The number of nitrogens with one attached hydrogen (secondary N) is 1. The molecule has 1 heterocycles. The molecule has 0 aromatic carbocycles. The van der Waals surface area contributed by atoms with Crippen LogP contribution in [0.5, 0.6) is 0 Å². The quantitative estimate of drug-likeness (QED) is 0.783. The molecule has 0 fully saturated rings. The van der Waals surface area contributed by atoms with Crippen molar-refractivity contribution < 1.29 is 9.53 Å². The van der Waals surface area contributed by atoms with Crippen LogP contribution in [0.3, 0.4) is 0 Å². The number of hydrogen-bond donors (Lipinski definition) is 1. The monoisotopic (exact) mass is 228 g/mol. The van der Waals surface area contributed by atoms with Crippen LogP contribution in [0.4, 0.5) is 0 Å². The Morgan fingerprint density at radius 3 is 3.00 bits per heavy atom. The van der Waals surface area contributed by atoms with Gasteiger partial charge in [0.2, 0.25) is 0 Å². The van der Waals surface area contributed by atoms with Crippen LogP contribution in [0.15, 0.2) is 5.38 Å². The normalized spacial score (nSPS) is 12.5. The molecule has 0 amide bonds. The lowest BCUT2D eigenvalue weighted by molar-refractivity contribution is 0.0520. The van der Waals surface area contributed by atoms with Gasteiger partial charge >= 0.3 is 5.97 Å². The molecule has 1 atom stereocenters. The summed E-state index contributed by atoms with van der Waals surface area (Å²) in [6.07, 6.45) is 0. The zero-order valence-corrected chi connectivity index (χ0v) is 10.1. The van der Waals surface area contributed by atoms with E-state index in [1.165, 1.54) is 11.3 Å². The van der Waals surface area contributed by atoms with E-state index in [1.54, 1.807) is 12.3 Å². The second-order valence-corrected chi connectivity index (χ2v) is 3.96. The van der Waals surface area contributed by atoms with Crippen molar-refractivity contribution in [3.63, 3.8) is 0 Å². The van der Waals surface area contributed by atoms with Gasteiger partial charge in [-0.25, -0.2) is 9.78 Å². The van der Waals surface area contributed by atoms with Crippen LogP contribution in [-0.2, 0) is 4.74 Å². The van der Waals surface area contributed by atoms with E-state index >= 15 is 0 Å². The number of carbonyl (C=O) groups excluding carboxylic acids is 1. The van der Waals surface area contributed by atoms with Crippen LogP contribution in [-0.4, -0.2) is 24.1 Å². The summed E-state index contributed by atoms with van der Waals surface area (Å²) in [6, 6.07) is 0.183. The minimum absolute atomic E-state index is 0.183. The first-order valence-electron chi connectivity index (χ1n) is 5.05. The van der Waals surface area contributed by atoms with E-state index in [-0.39, 0.29) is 12.0 Å². The van der Waals surface area contributed by atoms with Gasteiger partial charge in [-0.05, 0) is 20.4 Å². The van der Waals surface area contributed by atoms with Gasteiger partial charge in [0.1, 0.15) is 5.01 Å². The third kappa shape index (κ3) is 3.28. The summed E-state index contributed by atoms with van der Waals surface area (Å²) in [5.41, 5.74) is 0.404. The van der Waals surface area contributed by atoms with E-state index in [0.29, 0.717) is 12.3 Å². The summed E-state index contributed by atoms with van der Waals surface area (Å²) in [5.74, 6) is -0.344. The Labute approximate surface area is 93.7 Å². The molecule has 0 saturated carbocycles. The fraction of sp³-hybridized carbons (Fsp3) is 0.600. The van der Waals surface area contributed by atoms with Crippen molar-refractivity contribution >= 4 is 17.3 Å². The Morgan fingerprint density at radius 2 is 2.40 bits per heavy atom. The Balaban J connectivity index is 2.67. The average molecular weight is 228 g/mol. The van der Waals surface area contributed by atoms with Gasteiger partial charge in [0.15, 0.2) is 5.69 Å². The standard InChI is InChI=1S/C10H16N2O2S/c1-4-11-7(3)9-12-8(6-15-9)10(13)14-5-2/h6-7,11H,4-5H2,1-3H3. The van der Waals surface area contributed by atoms with Crippen molar-refractivity contribution in [1.29, 1.82) is 0 Å². The third-order valence-electron chi connectivity index (χ3n) is 1.89. The molecule has 0 spiro atoms. The highest BCUT2D eigenvalue weighted by molar-refractivity contribution is 7.09. The van der Waals surface area contributed by atoms with Gasteiger partial charge in [0.25, 0.3) is 0 Å². The molecule has 1 N–H and O–H groups in total. The Kier molecular flexibility index (Phi) is 4.71. The molecular formula is C10H16N2O2S. The van der Waals surface area contributed by atoms with E-state index < -0.39 is 0 Å². The fourth-order valence-corrected chi connectivity index (χ4v) is 2.00. The van der Waals surface area contributed by atoms with Crippen molar-refractivity contribution in [1.82, 2.24) is 10.3 Å². The van der Waals surface area contributed by atoms with Crippen LogP contribution < -0.4 is 5.32 Å². The van der Waals surface area contributed by atoms with Crippen molar-refractivity contribution in [2.75, 3.05) is 13.2 Å². The van der Waals surface area contributed by atoms with Gasteiger partial charge in [-0.3, -0.25) is 0 Å². The number of ether oxygens (including phenoxy) is 1. The summed E-state index contributed by atoms with van der Waals surface area (Å²) >= 11 is 1.48. The van der Waals surface area contributed by atoms with Gasteiger partial charge in [0.05, 0.1) is 12.6 Å². The molecule has 1 rings (SSSR count). The van der Waals surface area contributed by atoms with Crippen LogP contribution in [0.1, 0.15) is 42.3 Å². The molecule has 84 valence electrons. The predicted molar refractivity (Wildman–Crippen MR) is 60.2 cm³/mol. The zero-order chi connectivity index (χ0) is 11.3. The van der Waals surface area contributed by atoms with Crippen molar-refractivity contribution in [3.05, 3.63) is 16.1 Å². The summed E-state index contributed by atoms with van der Waals surface area (Å²) in [5, 5.41) is 5.90. The SMILES string of the molecule is CCNC(C)c1nc(C(=O)OCC)cs1. The zero-order valence-electron chi connectivity index (χ0n) is 9.24. The molecular weight excluding hydrogens is 212 g/mol. The molecule has 1 aromatic heterocycles. The number of rotatable bonds is 5. The first-order chi connectivity index (χ1) is 7.19. The highest BCUT2D eigenvalue weighted by Crippen LogP contribution is 2.18. The highest BCUT2D eigenvalue weighted by Gasteiger charge is 2.14. The molecule has 0 saturated heterocycles. The smallest absolute Gasteiger partial charge is 0.357 e. The molecule has 0 bridgehead atoms. The molecule has 1 aromatic rings. The van der Waals surface area contributed by atoms with E-state index in [2.05, 4.69) is 10.3 Å². The molecule has 15 heavy (non-hydrogen) atoms.